The summed E-state index contributed by atoms with van der Waals surface area (Å²) in [5.41, 5.74) is 0.851. The molecule has 6 heteroatoms. The average Bonchev–Trinajstić information content (AvgIpc) is 3.00. The quantitative estimate of drug-likeness (QED) is 0.790. The van der Waals surface area contributed by atoms with E-state index in [0.717, 1.165) is 5.56 Å². The molecule has 2 heterocycles. The van der Waals surface area contributed by atoms with Crippen LogP contribution >= 0.6 is 0 Å². The first-order valence-corrected chi connectivity index (χ1v) is 6.12. The van der Waals surface area contributed by atoms with Gasteiger partial charge in [0.2, 0.25) is 0 Å². The summed E-state index contributed by atoms with van der Waals surface area (Å²) in [6.45, 7) is 0.493. The zero-order valence-electron chi connectivity index (χ0n) is 10.6. The fourth-order valence-corrected chi connectivity index (χ4v) is 1.81. The molecule has 1 N–H and O–H groups in total. The number of hydrogen-bond donors (Lipinski definition) is 1. The second kappa shape index (κ2) is 5.48. The summed E-state index contributed by atoms with van der Waals surface area (Å²) in [6.07, 6.45) is 4.95. The molecule has 0 bridgehead atoms. The number of hydrogen-bond acceptors (Lipinski definition) is 4. The molecular formula is C14H12FN5. The second-order valence-corrected chi connectivity index (χ2v) is 4.20. The smallest absolute Gasteiger partial charge is 0.158 e. The van der Waals surface area contributed by atoms with Crippen molar-refractivity contribution >= 4 is 5.82 Å². The maximum atomic E-state index is 13.1. The van der Waals surface area contributed by atoms with Gasteiger partial charge < -0.3 is 5.32 Å². The van der Waals surface area contributed by atoms with E-state index in [4.69, 9.17) is 0 Å². The third-order valence-electron chi connectivity index (χ3n) is 2.75. The first-order valence-electron chi connectivity index (χ1n) is 6.12. The Labute approximate surface area is 115 Å². The van der Waals surface area contributed by atoms with E-state index < -0.39 is 0 Å². The van der Waals surface area contributed by atoms with E-state index in [9.17, 15) is 4.39 Å². The molecular weight excluding hydrogens is 257 g/mol. The minimum atomic E-state index is -0.246. The van der Waals surface area contributed by atoms with Crippen LogP contribution in [0, 0.1) is 5.82 Å². The molecule has 0 aliphatic carbocycles. The fourth-order valence-electron chi connectivity index (χ4n) is 1.81. The van der Waals surface area contributed by atoms with Gasteiger partial charge in [0, 0.05) is 25.0 Å². The van der Waals surface area contributed by atoms with Crippen LogP contribution in [-0.2, 0) is 6.54 Å². The predicted molar refractivity (Wildman–Crippen MR) is 72.9 cm³/mol. The van der Waals surface area contributed by atoms with Crippen LogP contribution in [0.5, 0.6) is 0 Å². The van der Waals surface area contributed by atoms with Crippen LogP contribution in [0.1, 0.15) is 5.56 Å². The van der Waals surface area contributed by atoms with Crippen molar-refractivity contribution in [2.45, 2.75) is 6.54 Å². The van der Waals surface area contributed by atoms with Crippen molar-refractivity contribution in [2.75, 3.05) is 5.32 Å². The minimum Gasteiger partial charge on any atom is -0.366 e. The zero-order valence-corrected chi connectivity index (χ0v) is 10.6. The summed E-state index contributed by atoms with van der Waals surface area (Å²) in [4.78, 5) is 8.27. The van der Waals surface area contributed by atoms with Gasteiger partial charge in [-0.1, -0.05) is 12.1 Å². The van der Waals surface area contributed by atoms with Crippen molar-refractivity contribution < 1.29 is 4.39 Å². The molecule has 0 aliphatic rings. The summed E-state index contributed by atoms with van der Waals surface area (Å²) in [6, 6.07) is 10.0. The number of halogens is 1. The molecule has 0 fully saturated rings. The molecule has 5 nitrogen and oxygen atoms in total. The van der Waals surface area contributed by atoms with Gasteiger partial charge in [-0.3, -0.25) is 0 Å². The molecule has 100 valence electrons. The van der Waals surface area contributed by atoms with E-state index in [1.807, 2.05) is 12.1 Å². The molecule has 1 aromatic carbocycles. The lowest BCUT2D eigenvalue weighted by atomic mass is 10.2. The zero-order chi connectivity index (χ0) is 13.8. The van der Waals surface area contributed by atoms with E-state index >= 15 is 0 Å². The predicted octanol–water partition coefficient (Wildman–Crippen LogP) is 2.41. The molecule has 2 aromatic heterocycles. The van der Waals surface area contributed by atoms with Gasteiger partial charge in [0.15, 0.2) is 5.82 Å². The molecule has 3 rings (SSSR count). The molecule has 0 radical (unpaired) electrons. The average molecular weight is 269 g/mol. The number of aromatic nitrogens is 4. The van der Waals surface area contributed by atoms with Gasteiger partial charge in [-0.05, 0) is 23.8 Å². The Morgan fingerprint density at radius 2 is 2.10 bits per heavy atom. The first kappa shape index (κ1) is 12.3. The molecule has 0 unspecified atom stereocenters. The van der Waals surface area contributed by atoms with E-state index in [1.54, 1.807) is 29.2 Å². The van der Waals surface area contributed by atoms with Crippen LogP contribution < -0.4 is 5.32 Å². The molecule has 0 aliphatic heterocycles. The van der Waals surface area contributed by atoms with Crippen LogP contribution in [0.15, 0.2) is 55.1 Å². The summed E-state index contributed by atoms with van der Waals surface area (Å²) in [7, 11) is 0. The van der Waals surface area contributed by atoms with Crippen LogP contribution in [0.25, 0.3) is 5.82 Å². The number of benzene rings is 1. The normalized spacial score (nSPS) is 10.4. The molecule has 3 aromatic rings. The lowest BCUT2D eigenvalue weighted by molar-refractivity contribution is 0.626. The van der Waals surface area contributed by atoms with Gasteiger partial charge in [-0.25, -0.2) is 19.0 Å². The van der Waals surface area contributed by atoms with Crippen molar-refractivity contribution in [3.8, 4) is 5.82 Å². The van der Waals surface area contributed by atoms with Crippen LogP contribution in [0.2, 0.25) is 0 Å². The van der Waals surface area contributed by atoms with Crippen molar-refractivity contribution in [1.29, 1.82) is 0 Å². The Bertz CT molecular complexity index is 696. The van der Waals surface area contributed by atoms with Gasteiger partial charge in [0.25, 0.3) is 0 Å². The second-order valence-electron chi connectivity index (χ2n) is 4.20. The minimum absolute atomic E-state index is 0.246. The van der Waals surface area contributed by atoms with E-state index in [-0.39, 0.29) is 5.82 Å². The Kier molecular flexibility index (Phi) is 3.36. The lowest BCUT2D eigenvalue weighted by Crippen LogP contribution is -2.04. The Balaban J connectivity index is 1.73. The molecule has 0 amide bonds. The topological polar surface area (TPSA) is 55.6 Å². The van der Waals surface area contributed by atoms with Gasteiger partial charge in [0.1, 0.15) is 18.0 Å². The summed E-state index contributed by atoms with van der Waals surface area (Å²) < 4.78 is 14.7. The van der Waals surface area contributed by atoms with Gasteiger partial charge >= 0.3 is 0 Å². The number of nitrogens with zero attached hydrogens (tertiary/aromatic N) is 4. The van der Waals surface area contributed by atoms with E-state index in [2.05, 4.69) is 20.4 Å². The van der Waals surface area contributed by atoms with Crippen molar-refractivity contribution in [3.63, 3.8) is 0 Å². The number of nitrogens with one attached hydrogen (secondary N) is 1. The standard InChI is InChI=1S/C14H12FN5/c15-12-4-1-3-11(7-12)9-16-13-8-14(18-10-17-13)20-6-2-5-19-20/h1-8,10H,9H2,(H,16,17,18). The molecule has 0 atom stereocenters. The van der Waals surface area contributed by atoms with E-state index in [0.29, 0.717) is 18.2 Å². The molecule has 0 saturated carbocycles. The Morgan fingerprint density at radius 1 is 1.15 bits per heavy atom. The maximum Gasteiger partial charge on any atom is 0.158 e. The fraction of sp³-hybridized carbons (Fsp3) is 0.0714. The molecule has 0 saturated heterocycles. The SMILES string of the molecule is Fc1cccc(CNc2cc(-n3cccn3)ncn2)c1. The maximum absolute atomic E-state index is 13.1. The number of rotatable bonds is 4. The Hall–Kier alpha value is -2.76. The first-order chi connectivity index (χ1) is 9.81. The highest BCUT2D eigenvalue weighted by molar-refractivity contribution is 5.40. The van der Waals surface area contributed by atoms with Gasteiger partial charge in [-0.15, -0.1) is 0 Å². The van der Waals surface area contributed by atoms with Crippen LogP contribution in [-0.4, -0.2) is 19.7 Å². The largest absolute Gasteiger partial charge is 0.366 e. The Morgan fingerprint density at radius 3 is 2.90 bits per heavy atom. The number of anilines is 1. The van der Waals surface area contributed by atoms with Crippen LogP contribution in [0.3, 0.4) is 0 Å². The summed E-state index contributed by atoms with van der Waals surface area (Å²) in [5.74, 6) is 1.09. The lowest BCUT2D eigenvalue weighted by Gasteiger charge is -2.07. The highest BCUT2D eigenvalue weighted by atomic mass is 19.1. The van der Waals surface area contributed by atoms with Crippen molar-refractivity contribution in [1.82, 2.24) is 19.7 Å². The van der Waals surface area contributed by atoms with Crippen molar-refractivity contribution in [2.24, 2.45) is 0 Å². The summed E-state index contributed by atoms with van der Waals surface area (Å²) >= 11 is 0. The third kappa shape index (κ3) is 2.80. The van der Waals surface area contributed by atoms with E-state index in [1.165, 1.54) is 18.5 Å². The van der Waals surface area contributed by atoms with Gasteiger partial charge in [0.05, 0.1) is 0 Å². The van der Waals surface area contributed by atoms with Gasteiger partial charge in [-0.2, -0.15) is 5.10 Å². The monoisotopic (exact) mass is 269 g/mol. The highest BCUT2D eigenvalue weighted by Crippen LogP contribution is 2.10. The molecule has 0 spiro atoms. The van der Waals surface area contributed by atoms with Crippen LogP contribution in [0.4, 0.5) is 10.2 Å². The van der Waals surface area contributed by atoms with Crippen molar-refractivity contribution in [3.05, 3.63) is 66.5 Å². The third-order valence-corrected chi connectivity index (χ3v) is 2.75. The summed E-state index contributed by atoms with van der Waals surface area (Å²) in [5, 5.41) is 7.24. The highest BCUT2D eigenvalue weighted by Gasteiger charge is 2.01. The molecule has 20 heavy (non-hydrogen) atoms.